The van der Waals surface area contributed by atoms with Crippen molar-refractivity contribution < 1.29 is 22.7 Å². The Kier molecular flexibility index (Phi) is 6.40. The van der Waals surface area contributed by atoms with Crippen LogP contribution in [0.3, 0.4) is 0 Å². The van der Waals surface area contributed by atoms with Gasteiger partial charge in [-0.15, -0.1) is 18.5 Å². The average molecular weight is 398 g/mol. The molecule has 0 aromatic heterocycles. The molecule has 0 saturated carbocycles. The number of benzene rings is 1. The van der Waals surface area contributed by atoms with Crippen LogP contribution in [0.1, 0.15) is 27.7 Å². The first-order chi connectivity index (χ1) is 12.1. The molecule has 1 unspecified atom stereocenters. The Morgan fingerprint density at radius 2 is 2.00 bits per heavy atom. The summed E-state index contributed by atoms with van der Waals surface area (Å²) in [5.74, 6) is 6.00. The molecular weight excluding hydrogens is 374 g/mol. The predicted octanol–water partition coefficient (Wildman–Crippen LogP) is 2.10. The van der Waals surface area contributed by atoms with Crippen molar-refractivity contribution >= 4 is 27.8 Å². The quantitative estimate of drug-likeness (QED) is 0.609. The van der Waals surface area contributed by atoms with Gasteiger partial charge in [0.2, 0.25) is 15.1 Å². The zero-order valence-corrected chi connectivity index (χ0v) is 16.9. The third-order valence-electron chi connectivity index (χ3n) is 4.04. The number of carbonyl (C=O) groups is 1. The van der Waals surface area contributed by atoms with E-state index in [0.29, 0.717) is 5.75 Å². The van der Waals surface area contributed by atoms with Crippen LogP contribution in [0.25, 0.3) is 0 Å². The Morgan fingerprint density at radius 3 is 2.54 bits per heavy atom. The third kappa shape index (κ3) is 4.41. The third-order valence-corrected chi connectivity index (χ3v) is 6.13. The molecule has 1 fully saturated rings. The average Bonchev–Trinajstić information content (AvgIpc) is 2.53. The van der Waals surface area contributed by atoms with Crippen LogP contribution < -0.4 is 4.74 Å². The minimum Gasteiger partial charge on any atom is -0.481 e. The van der Waals surface area contributed by atoms with Crippen LogP contribution in [0, 0.1) is 11.8 Å². The molecule has 0 radical (unpaired) electrons. The van der Waals surface area contributed by atoms with E-state index in [9.17, 15) is 13.2 Å². The molecule has 26 heavy (non-hydrogen) atoms. The van der Waals surface area contributed by atoms with E-state index in [1.165, 1.54) is 16.4 Å². The van der Waals surface area contributed by atoms with Crippen LogP contribution in [-0.2, 0) is 19.6 Å². The highest BCUT2D eigenvalue weighted by Crippen LogP contribution is 2.33. The van der Waals surface area contributed by atoms with Crippen molar-refractivity contribution in [3.05, 3.63) is 24.3 Å². The van der Waals surface area contributed by atoms with E-state index in [4.69, 9.17) is 9.47 Å². The van der Waals surface area contributed by atoms with Gasteiger partial charge in [0.1, 0.15) is 18.4 Å². The van der Waals surface area contributed by atoms with Gasteiger partial charge in [-0.1, -0.05) is 5.92 Å². The maximum Gasteiger partial charge on any atom is 0.243 e. The molecule has 1 aliphatic rings. The van der Waals surface area contributed by atoms with Crippen LogP contribution in [0.5, 0.6) is 5.75 Å². The fourth-order valence-electron chi connectivity index (χ4n) is 3.02. The topological polar surface area (TPSA) is 72.9 Å². The normalized spacial score (nSPS) is 23.0. The molecule has 0 aliphatic carbocycles. The van der Waals surface area contributed by atoms with Crippen molar-refractivity contribution in [1.29, 1.82) is 0 Å². The molecule has 6 nitrogen and oxygen atoms in total. The van der Waals surface area contributed by atoms with Gasteiger partial charge in [0.05, 0.1) is 16.6 Å². The summed E-state index contributed by atoms with van der Waals surface area (Å²) in [6, 6.07) is 5.03. The highest BCUT2D eigenvalue weighted by Gasteiger charge is 2.49. The van der Waals surface area contributed by atoms with Gasteiger partial charge in [-0.25, -0.2) is 8.42 Å². The molecule has 0 bridgehead atoms. The van der Waals surface area contributed by atoms with E-state index < -0.39 is 26.8 Å². The molecule has 1 aliphatic heterocycles. The lowest BCUT2D eigenvalue weighted by atomic mass is 9.97. The Hall–Kier alpha value is -1.53. The standard InChI is InChI=1S/C18H23NO5S2/c1-5-6-11-23-14-7-9-15(10-8-14)26(21,22)19-12-13(2)24-18(3,4)16(19)17(20)25/h7-10,13,16H,11-12H2,1-4H3,(H,20,25)/t13?,16-/m1/s1. The van der Waals surface area contributed by atoms with Crippen molar-refractivity contribution in [1.82, 2.24) is 4.31 Å². The monoisotopic (exact) mass is 397 g/mol. The first kappa shape index (κ1) is 20.8. The number of nitrogens with zero attached hydrogens (tertiary/aromatic N) is 1. The second kappa shape index (κ2) is 8.01. The molecule has 8 heteroatoms. The summed E-state index contributed by atoms with van der Waals surface area (Å²) >= 11 is 3.89. The molecule has 1 heterocycles. The summed E-state index contributed by atoms with van der Waals surface area (Å²) in [5, 5.41) is -0.552. The van der Waals surface area contributed by atoms with Crippen LogP contribution in [0.4, 0.5) is 0 Å². The molecule has 0 N–H and O–H groups in total. The zero-order valence-electron chi connectivity index (χ0n) is 15.2. The van der Waals surface area contributed by atoms with E-state index in [1.54, 1.807) is 39.8 Å². The minimum atomic E-state index is -3.90. The summed E-state index contributed by atoms with van der Waals surface area (Å²) in [7, 11) is -3.90. The molecule has 1 aromatic rings. The first-order valence-electron chi connectivity index (χ1n) is 8.14. The predicted molar refractivity (Wildman–Crippen MR) is 102 cm³/mol. The molecule has 2 atom stereocenters. The van der Waals surface area contributed by atoms with Gasteiger partial charge < -0.3 is 9.47 Å². The van der Waals surface area contributed by atoms with Crippen LogP contribution in [0.2, 0.25) is 0 Å². The smallest absolute Gasteiger partial charge is 0.243 e. The SMILES string of the molecule is CC#CCOc1ccc(S(=O)(=O)N2CC(C)OC(C)(C)[C@H]2C(=O)S)cc1. The summed E-state index contributed by atoms with van der Waals surface area (Å²) in [6.07, 6.45) is -0.348. The van der Waals surface area contributed by atoms with Gasteiger partial charge in [0, 0.05) is 6.54 Å². The lowest BCUT2D eigenvalue weighted by molar-refractivity contribution is -0.153. The summed E-state index contributed by atoms with van der Waals surface area (Å²) in [4.78, 5) is 12.1. The summed E-state index contributed by atoms with van der Waals surface area (Å²) < 4.78 is 38.6. The van der Waals surface area contributed by atoms with Crippen molar-refractivity contribution in [3.63, 3.8) is 0 Å². The number of hydrogen-bond donors (Lipinski definition) is 1. The molecular formula is C18H23NO5S2. The number of carbonyl (C=O) groups excluding carboxylic acids is 1. The van der Waals surface area contributed by atoms with Crippen molar-refractivity contribution in [2.75, 3.05) is 13.2 Å². The molecule has 142 valence electrons. The van der Waals surface area contributed by atoms with E-state index >= 15 is 0 Å². The van der Waals surface area contributed by atoms with Gasteiger partial charge in [-0.3, -0.25) is 4.79 Å². The van der Waals surface area contributed by atoms with E-state index in [2.05, 4.69) is 24.5 Å². The van der Waals surface area contributed by atoms with Crippen LogP contribution in [0.15, 0.2) is 29.2 Å². The Labute approximate surface area is 160 Å². The molecule has 1 saturated heterocycles. The maximum absolute atomic E-state index is 13.1. The first-order valence-corrected chi connectivity index (χ1v) is 10.0. The Morgan fingerprint density at radius 1 is 1.38 bits per heavy atom. The van der Waals surface area contributed by atoms with Gasteiger partial charge in [0.15, 0.2) is 0 Å². The number of morpholine rings is 1. The van der Waals surface area contributed by atoms with Gasteiger partial charge in [-0.2, -0.15) is 4.31 Å². The Bertz CT molecular complexity index is 821. The van der Waals surface area contributed by atoms with Crippen molar-refractivity contribution in [2.24, 2.45) is 0 Å². The highest BCUT2D eigenvalue weighted by molar-refractivity contribution is 7.97. The number of ether oxygens (including phenoxy) is 2. The molecule has 1 aromatic carbocycles. The highest BCUT2D eigenvalue weighted by atomic mass is 32.2. The van der Waals surface area contributed by atoms with Gasteiger partial charge in [0.25, 0.3) is 0 Å². The largest absolute Gasteiger partial charge is 0.481 e. The number of thiol groups is 1. The number of hydrogen-bond acceptors (Lipinski definition) is 5. The lowest BCUT2D eigenvalue weighted by Gasteiger charge is -2.46. The van der Waals surface area contributed by atoms with Crippen LogP contribution in [-0.4, -0.2) is 48.7 Å². The van der Waals surface area contributed by atoms with Crippen LogP contribution >= 0.6 is 12.6 Å². The fraction of sp³-hybridized carbons (Fsp3) is 0.500. The second-order valence-corrected chi connectivity index (χ2v) is 8.87. The van der Waals surface area contributed by atoms with E-state index in [-0.39, 0.29) is 24.2 Å². The second-order valence-electron chi connectivity index (χ2n) is 6.53. The fourth-order valence-corrected chi connectivity index (χ4v) is 5.33. The van der Waals surface area contributed by atoms with E-state index in [0.717, 1.165) is 0 Å². The van der Waals surface area contributed by atoms with Crippen molar-refractivity contribution in [3.8, 4) is 17.6 Å². The minimum absolute atomic E-state index is 0.0765. The Balaban J connectivity index is 2.34. The molecule has 0 spiro atoms. The molecule has 0 amide bonds. The zero-order chi connectivity index (χ0) is 19.5. The summed E-state index contributed by atoms with van der Waals surface area (Å²) in [5.41, 5.74) is -0.981. The lowest BCUT2D eigenvalue weighted by Crippen LogP contribution is -2.63. The van der Waals surface area contributed by atoms with Crippen molar-refractivity contribution in [2.45, 2.75) is 50.3 Å². The number of rotatable bonds is 5. The summed E-state index contributed by atoms with van der Waals surface area (Å²) in [6.45, 7) is 7.17. The molecule has 2 rings (SSSR count). The maximum atomic E-state index is 13.1. The number of sulfonamides is 1. The van der Waals surface area contributed by atoms with Gasteiger partial charge in [-0.05, 0) is 52.0 Å². The van der Waals surface area contributed by atoms with Gasteiger partial charge >= 0.3 is 0 Å². The van der Waals surface area contributed by atoms with E-state index in [1.807, 2.05) is 0 Å².